The maximum Gasteiger partial charge on any atom is 0.257 e. The number of aromatic nitrogens is 2. The van der Waals surface area contributed by atoms with Crippen LogP contribution in [0.1, 0.15) is 53.7 Å². The van der Waals surface area contributed by atoms with Gasteiger partial charge in [0.1, 0.15) is 0 Å². The van der Waals surface area contributed by atoms with Gasteiger partial charge in [-0.3, -0.25) is 14.3 Å². The zero-order chi connectivity index (χ0) is 21.1. The molecule has 2 aliphatic rings. The average molecular weight is 409 g/mol. The fourth-order valence-corrected chi connectivity index (χ4v) is 5.02. The zero-order valence-corrected chi connectivity index (χ0v) is 18.1. The molecule has 0 N–H and O–H groups in total. The second-order valence-electron chi connectivity index (χ2n) is 8.78. The molecule has 30 heavy (non-hydrogen) atoms. The number of rotatable bonds is 4. The van der Waals surface area contributed by atoms with Gasteiger partial charge >= 0.3 is 0 Å². The standard InChI is InChI=1S/C24H32N4O2/c1-18-22(17-26(2)25-18)24(30)27-14-11-20(12-15-27)21-10-6-7-13-28(23(21)29)16-19-8-4-3-5-9-19/h3-5,8-9,17,20-21H,6-7,10-16H2,1-2H3/t21-/m1/s1. The van der Waals surface area contributed by atoms with Crippen molar-refractivity contribution >= 4 is 11.8 Å². The second kappa shape index (κ2) is 9.02. The molecule has 0 aliphatic carbocycles. The highest BCUT2D eigenvalue weighted by molar-refractivity contribution is 5.95. The molecule has 6 nitrogen and oxygen atoms in total. The summed E-state index contributed by atoms with van der Waals surface area (Å²) >= 11 is 0. The summed E-state index contributed by atoms with van der Waals surface area (Å²) in [7, 11) is 1.84. The minimum Gasteiger partial charge on any atom is -0.339 e. The van der Waals surface area contributed by atoms with E-state index in [-0.39, 0.29) is 11.8 Å². The number of carbonyl (C=O) groups excluding carboxylic acids is 2. The highest BCUT2D eigenvalue weighted by atomic mass is 16.2. The number of hydrogen-bond acceptors (Lipinski definition) is 3. The molecule has 2 amide bonds. The number of nitrogens with zero attached hydrogens (tertiary/aromatic N) is 4. The van der Waals surface area contributed by atoms with Crippen LogP contribution in [0.15, 0.2) is 36.5 Å². The Balaban J connectivity index is 1.38. The van der Waals surface area contributed by atoms with E-state index in [2.05, 4.69) is 22.1 Å². The Labute approximate surface area is 178 Å². The van der Waals surface area contributed by atoms with Crippen LogP contribution in [0.4, 0.5) is 0 Å². The third-order valence-corrected chi connectivity index (χ3v) is 6.68. The molecule has 2 aliphatic heterocycles. The molecular formula is C24H32N4O2. The maximum absolute atomic E-state index is 13.4. The third kappa shape index (κ3) is 4.42. The Morgan fingerprint density at radius 3 is 2.47 bits per heavy atom. The van der Waals surface area contributed by atoms with Gasteiger partial charge in [-0.1, -0.05) is 36.8 Å². The van der Waals surface area contributed by atoms with Gasteiger partial charge in [0.25, 0.3) is 5.91 Å². The number of amides is 2. The molecular weight excluding hydrogens is 376 g/mol. The predicted molar refractivity (Wildman–Crippen MR) is 116 cm³/mol. The molecule has 2 fully saturated rings. The van der Waals surface area contributed by atoms with Gasteiger partial charge in [0.2, 0.25) is 5.91 Å². The topological polar surface area (TPSA) is 58.4 Å². The Kier molecular flexibility index (Phi) is 6.21. The molecule has 2 saturated heterocycles. The molecule has 1 aromatic carbocycles. The summed E-state index contributed by atoms with van der Waals surface area (Å²) in [5, 5.41) is 4.30. The van der Waals surface area contributed by atoms with Crippen LogP contribution in [0, 0.1) is 18.8 Å². The molecule has 0 bridgehead atoms. The lowest BCUT2D eigenvalue weighted by molar-refractivity contribution is -0.137. The van der Waals surface area contributed by atoms with E-state index in [0.717, 1.165) is 57.4 Å². The number of benzene rings is 1. The summed E-state index contributed by atoms with van der Waals surface area (Å²) in [6.07, 6.45) is 6.77. The molecule has 2 aromatic rings. The summed E-state index contributed by atoms with van der Waals surface area (Å²) in [5.74, 6) is 0.836. The molecule has 1 aromatic heterocycles. The lowest BCUT2D eigenvalue weighted by atomic mass is 9.81. The fraction of sp³-hybridized carbons (Fsp3) is 0.542. The Bertz CT molecular complexity index is 884. The highest BCUT2D eigenvalue weighted by Gasteiger charge is 2.36. The Hall–Kier alpha value is -2.63. The van der Waals surface area contributed by atoms with Gasteiger partial charge in [-0.25, -0.2) is 0 Å². The molecule has 0 unspecified atom stereocenters. The first kappa shape index (κ1) is 20.6. The normalized spacial score (nSPS) is 21.0. The lowest BCUT2D eigenvalue weighted by Gasteiger charge is -2.36. The van der Waals surface area contributed by atoms with Gasteiger partial charge in [-0.2, -0.15) is 5.10 Å². The Morgan fingerprint density at radius 2 is 1.80 bits per heavy atom. The van der Waals surface area contributed by atoms with Crippen LogP contribution in [0.25, 0.3) is 0 Å². The molecule has 4 rings (SSSR count). The van der Waals surface area contributed by atoms with Crippen LogP contribution in [0.5, 0.6) is 0 Å². The van der Waals surface area contributed by atoms with Crippen LogP contribution < -0.4 is 0 Å². The molecule has 0 spiro atoms. The van der Waals surface area contributed by atoms with Crippen molar-refractivity contribution in [3.05, 3.63) is 53.3 Å². The van der Waals surface area contributed by atoms with Gasteiger partial charge in [-0.05, 0) is 44.1 Å². The van der Waals surface area contributed by atoms with Crippen molar-refractivity contribution in [2.45, 2.75) is 45.6 Å². The largest absolute Gasteiger partial charge is 0.339 e. The van der Waals surface area contributed by atoms with E-state index in [1.54, 1.807) is 10.9 Å². The molecule has 1 atom stereocenters. The monoisotopic (exact) mass is 408 g/mol. The smallest absolute Gasteiger partial charge is 0.257 e. The second-order valence-corrected chi connectivity index (χ2v) is 8.78. The molecule has 0 radical (unpaired) electrons. The van der Waals surface area contributed by atoms with Gasteiger partial charge in [0.05, 0.1) is 11.3 Å². The summed E-state index contributed by atoms with van der Waals surface area (Å²) in [4.78, 5) is 30.2. The summed E-state index contributed by atoms with van der Waals surface area (Å²) in [6, 6.07) is 10.3. The fourth-order valence-electron chi connectivity index (χ4n) is 5.02. The molecule has 160 valence electrons. The number of carbonyl (C=O) groups is 2. The number of aryl methyl sites for hydroxylation is 2. The van der Waals surface area contributed by atoms with Crippen LogP contribution in [-0.2, 0) is 18.4 Å². The van der Waals surface area contributed by atoms with Crippen molar-refractivity contribution in [2.24, 2.45) is 18.9 Å². The van der Waals surface area contributed by atoms with Crippen LogP contribution in [0.2, 0.25) is 0 Å². The number of piperidine rings is 1. The van der Waals surface area contributed by atoms with Crippen LogP contribution in [0.3, 0.4) is 0 Å². The first-order valence-electron chi connectivity index (χ1n) is 11.1. The lowest BCUT2D eigenvalue weighted by Crippen LogP contribution is -2.44. The van der Waals surface area contributed by atoms with E-state index < -0.39 is 0 Å². The van der Waals surface area contributed by atoms with Crippen molar-refractivity contribution in [2.75, 3.05) is 19.6 Å². The van der Waals surface area contributed by atoms with Gasteiger partial charge in [0, 0.05) is 45.3 Å². The average Bonchev–Trinajstić information content (AvgIpc) is 3.00. The van der Waals surface area contributed by atoms with E-state index in [9.17, 15) is 9.59 Å². The predicted octanol–water partition coefficient (Wildman–Crippen LogP) is 3.41. The SMILES string of the molecule is Cc1nn(C)cc1C(=O)N1CCC([C@H]2CCCCN(Cc3ccccc3)C2=O)CC1. The summed E-state index contributed by atoms with van der Waals surface area (Å²) < 4.78 is 1.70. The van der Waals surface area contributed by atoms with E-state index in [4.69, 9.17) is 0 Å². The maximum atomic E-state index is 13.4. The number of hydrogen-bond donors (Lipinski definition) is 0. The molecule has 3 heterocycles. The van der Waals surface area contributed by atoms with Gasteiger partial charge in [0.15, 0.2) is 0 Å². The van der Waals surface area contributed by atoms with Crippen molar-refractivity contribution in [3.63, 3.8) is 0 Å². The quantitative estimate of drug-likeness (QED) is 0.779. The third-order valence-electron chi connectivity index (χ3n) is 6.68. The summed E-state index contributed by atoms with van der Waals surface area (Å²) in [6.45, 7) is 4.88. The van der Waals surface area contributed by atoms with E-state index in [1.807, 2.05) is 37.1 Å². The zero-order valence-electron chi connectivity index (χ0n) is 18.1. The van der Waals surface area contributed by atoms with Crippen LogP contribution in [-0.4, -0.2) is 51.0 Å². The highest BCUT2D eigenvalue weighted by Crippen LogP contribution is 2.33. The molecule has 0 saturated carbocycles. The van der Waals surface area contributed by atoms with Crippen LogP contribution >= 0.6 is 0 Å². The minimum absolute atomic E-state index is 0.0666. The first-order chi connectivity index (χ1) is 14.5. The molecule has 6 heteroatoms. The van der Waals surface area contributed by atoms with Gasteiger partial charge < -0.3 is 9.80 Å². The van der Waals surface area contributed by atoms with E-state index in [1.165, 1.54) is 5.56 Å². The van der Waals surface area contributed by atoms with Crippen molar-refractivity contribution in [1.82, 2.24) is 19.6 Å². The van der Waals surface area contributed by atoms with Gasteiger partial charge in [-0.15, -0.1) is 0 Å². The Morgan fingerprint density at radius 1 is 1.07 bits per heavy atom. The summed E-state index contributed by atoms with van der Waals surface area (Å²) in [5.41, 5.74) is 2.66. The van der Waals surface area contributed by atoms with Crippen molar-refractivity contribution in [3.8, 4) is 0 Å². The minimum atomic E-state index is 0.0666. The first-order valence-corrected chi connectivity index (χ1v) is 11.1. The van der Waals surface area contributed by atoms with E-state index in [0.29, 0.717) is 23.9 Å². The van der Waals surface area contributed by atoms with E-state index >= 15 is 0 Å². The van der Waals surface area contributed by atoms with Crippen molar-refractivity contribution < 1.29 is 9.59 Å². The number of likely N-dealkylation sites (tertiary alicyclic amines) is 2. The van der Waals surface area contributed by atoms with Crippen molar-refractivity contribution in [1.29, 1.82) is 0 Å².